The minimum Gasteiger partial charge on any atom is -0.354 e. The van der Waals surface area contributed by atoms with Crippen LogP contribution in [0.3, 0.4) is 0 Å². The summed E-state index contributed by atoms with van der Waals surface area (Å²) in [7, 11) is 0. The minimum absolute atomic E-state index is 0. The van der Waals surface area contributed by atoms with E-state index in [0.29, 0.717) is 30.3 Å². The van der Waals surface area contributed by atoms with Crippen LogP contribution in [0.5, 0.6) is 0 Å². The number of likely N-dealkylation sites (tertiary alicyclic amines) is 1. The Balaban J connectivity index is 0.00000338. The summed E-state index contributed by atoms with van der Waals surface area (Å²) in [5.74, 6) is 1.30. The molecular formula is C18H27Cl2N3O2S. The molecule has 1 aliphatic heterocycles. The maximum atomic E-state index is 12.6. The van der Waals surface area contributed by atoms with Gasteiger partial charge in [-0.25, -0.2) is 0 Å². The summed E-state index contributed by atoms with van der Waals surface area (Å²) < 4.78 is 0. The van der Waals surface area contributed by atoms with Crippen LogP contribution in [-0.2, 0) is 15.3 Å². The number of carbonyl (C=O) groups excluding carboxylic acids is 2. The number of amides is 2. The van der Waals surface area contributed by atoms with E-state index < -0.39 is 0 Å². The van der Waals surface area contributed by atoms with E-state index in [1.54, 1.807) is 11.8 Å². The molecule has 1 fully saturated rings. The summed E-state index contributed by atoms with van der Waals surface area (Å²) in [5, 5.41) is 3.61. The highest BCUT2D eigenvalue weighted by atomic mass is 35.5. The van der Waals surface area contributed by atoms with Gasteiger partial charge in [0, 0.05) is 42.9 Å². The van der Waals surface area contributed by atoms with Crippen molar-refractivity contribution < 1.29 is 9.59 Å². The van der Waals surface area contributed by atoms with Crippen molar-refractivity contribution in [1.82, 2.24) is 10.2 Å². The lowest BCUT2D eigenvalue weighted by molar-refractivity contribution is -0.132. The lowest BCUT2D eigenvalue weighted by Crippen LogP contribution is -2.50. The molecular weight excluding hydrogens is 393 g/mol. The Labute approximate surface area is 170 Å². The Hall–Kier alpha value is -0.950. The molecule has 1 unspecified atom stereocenters. The van der Waals surface area contributed by atoms with Crippen molar-refractivity contribution in [2.75, 3.05) is 25.4 Å². The van der Waals surface area contributed by atoms with Crippen molar-refractivity contribution in [3.8, 4) is 0 Å². The van der Waals surface area contributed by atoms with Gasteiger partial charge in [0.2, 0.25) is 11.8 Å². The SMILES string of the molecule is Cl.NCCC(=O)NCC1CCCCN1C(=O)CSCc1cccc(Cl)c1. The van der Waals surface area contributed by atoms with Gasteiger partial charge in [0.15, 0.2) is 0 Å². The highest BCUT2D eigenvalue weighted by molar-refractivity contribution is 7.99. The van der Waals surface area contributed by atoms with Gasteiger partial charge >= 0.3 is 0 Å². The van der Waals surface area contributed by atoms with Gasteiger partial charge in [-0.3, -0.25) is 9.59 Å². The predicted octanol–water partition coefficient (Wildman–Crippen LogP) is 2.84. The molecule has 1 aromatic rings. The largest absolute Gasteiger partial charge is 0.354 e. The molecule has 0 aromatic heterocycles. The van der Waals surface area contributed by atoms with E-state index in [0.717, 1.165) is 37.1 Å². The van der Waals surface area contributed by atoms with Gasteiger partial charge in [-0.15, -0.1) is 24.2 Å². The minimum atomic E-state index is -0.0456. The molecule has 1 aromatic carbocycles. The number of hydrogen-bond donors (Lipinski definition) is 2. The second kappa shape index (κ2) is 12.4. The number of piperidine rings is 1. The summed E-state index contributed by atoms with van der Waals surface area (Å²) in [6.07, 6.45) is 3.39. The van der Waals surface area contributed by atoms with E-state index in [1.165, 1.54) is 0 Å². The van der Waals surface area contributed by atoms with E-state index in [2.05, 4.69) is 5.32 Å². The number of halogens is 2. The number of rotatable bonds is 8. The van der Waals surface area contributed by atoms with Gasteiger partial charge in [-0.05, 0) is 37.0 Å². The number of thioether (sulfide) groups is 1. The van der Waals surface area contributed by atoms with Crippen molar-refractivity contribution in [3.63, 3.8) is 0 Å². The van der Waals surface area contributed by atoms with Crippen molar-refractivity contribution >= 4 is 47.6 Å². The number of carbonyl (C=O) groups is 2. The highest BCUT2D eigenvalue weighted by Gasteiger charge is 2.26. The summed E-state index contributed by atoms with van der Waals surface area (Å²) in [5.41, 5.74) is 6.51. The van der Waals surface area contributed by atoms with Crippen LogP contribution in [-0.4, -0.2) is 48.1 Å². The quantitative estimate of drug-likeness (QED) is 0.678. The Morgan fingerprint density at radius 3 is 2.88 bits per heavy atom. The highest BCUT2D eigenvalue weighted by Crippen LogP contribution is 2.20. The fraction of sp³-hybridized carbons (Fsp3) is 0.556. The summed E-state index contributed by atoms with van der Waals surface area (Å²) >= 11 is 7.58. The standard InChI is InChI=1S/C18H26ClN3O2S.ClH/c19-15-5-3-4-14(10-15)12-25-13-18(24)22-9-2-1-6-16(22)11-21-17(23)7-8-20;/h3-5,10,16H,1-2,6-9,11-13,20H2,(H,21,23);1H. The molecule has 1 atom stereocenters. The Morgan fingerprint density at radius 1 is 1.35 bits per heavy atom. The first-order chi connectivity index (χ1) is 12.1. The van der Waals surface area contributed by atoms with Crippen LogP contribution in [0, 0.1) is 0 Å². The van der Waals surface area contributed by atoms with Crippen LogP contribution >= 0.6 is 35.8 Å². The van der Waals surface area contributed by atoms with Gasteiger partial charge in [-0.1, -0.05) is 23.7 Å². The molecule has 1 aliphatic rings. The zero-order valence-corrected chi connectivity index (χ0v) is 17.2. The maximum Gasteiger partial charge on any atom is 0.232 e. The fourth-order valence-electron chi connectivity index (χ4n) is 2.96. The number of nitrogens with two attached hydrogens (primary N) is 1. The summed E-state index contributed by atoms with van der Waals surface area (Å²) in [6.45, 7) is 1.64. The Bertz CT molecular complexity index is 589. The van der Waals surface area contributed by atoms with Crippen LogP contribution in [0.1, 0.15) is 31.2 Å². The van der Waals surface area contributed by atoms with Gasteiger partial charge in [0.25, 0.3) is 0 Å². The molecule has 0 radical (unpaired) electrons. The van der Waals surface area contributed by atoms with E-state index in [-0.39, 0.29) is 30.3 Å². The van der Waals surface area contributed by atoms with Crippen LogP contribution in [0.4, 0.5) is 0 Å². The molecule has 0 bridgehead atoms. The van der Waals surface area contributed by atoms with Crippen LogP contribution < -0.4 is 11.1 Å². The third kappa shape index (κ3) is 7.74. The van der Waals surface area contributed by atoms with E-state index in [9.17, 15) is 9.59 Å². The average Bonchev–Trinajstić information content (AvgIpc) is 2.60. The van der Waals surface area contributed by atoms with Gasteiger partial charge in [0.1, 0.15) is 0 Å². The zero-order chi connectivity index (χ0) is 18.1. The first-order valence-electron chi connectivity index (χ1n) is 8.68. The topological polar surface area (TPSA) is 75.4 Å². The normalized spacial score (nSPS) is 16.7. The van der Waals surface area contributed by atoms with Gasteiger partial charge < -0.3 is 16.0 Å². The molecule has 8 heteroatoms. The molecule has 146 valence electrons. The monoisotopic (exact) mass is 419 g/mol. The van der Waals surface area contributed by atoms with Crippen molar-refractivity contribution in [3.05, 3.63) is 34.9 Å². The van der Waals surface area contributed by atoms with Gasteiger partial charge in [-0.2, -0.15) is 0 Å². The fourth-order valence-corrected chi connectivity index (χ4v) is 4.03. The third-order valence-corrected chi connectivity index (χ3v) is 5.46. The van der Waals surface area contributed by atoms with Crippen molar-refractivity contribution in [1.29, 1.82) is 0 Å². The third-order valence-electron chi connectivity index (χ3n) is 4.24. The predicted molar refractivity (Wildman–Crippen MR) is 111 cm³/mol. The smallest absolute Gasteiger partial charge is 0.232 e. The van der Waals surface area contributed by atoms with Crippen LogP contribution in [0.15, 0.2) is 24.3 Å². The molecule has 5 nitrogen and oxygen atoms in total. The van der Waals surface area contributed by atoms with E-state index in [1.807, 2.05) is 29.2 Å². The molecule has 1 saturated heterocycles. The van der Waals surface area contributed by atoms with Crippen LogP contribution in [0.25, 0.3) is 0 Å². The molecule has 0 saturated carbocycles. The maximum absolute atomic E-state index is 12.6. The number of nitrogens with one attached hydrogen (secondary N) is 1. The molecule has 3 N–H and O–H groups in total. The summed E-state index contributed by atoms with van der Waals surface area (Å²) in [4.78, 5) is 26.1. The second-order valence-electron chi connectivity index (χ2n) is 6.20. The van der Waals surface area contributed by atoms with E-state index >= 15 is 0 Å². The van der Waals surface area contributed by atoms with Crippen molar-refractivity contribution in [2.45, 2.75) is 37.5 Å². The average molecular weight is 420 g/mol. The molecule has 0 spiro atoms. The first kappa shape index (κ1) is 23.1. The second-order valence-corrected chi connectivity index (χ2v) is 7.62. The van der Waals surface area contributed by atoms with E-state index in [4.69, 9.17) is 17.3 Å². The summed E-state index contributed by atoms with van der Waals surface area (Å²) in [6, 6.07) is 7.80. The first-order valence-corrected chi connectivity index (χ1v) is 10.2. The molecule has 26 heavy (non-hydrogen) atoms. The Kier molecular flexibility index (Phi) is 11.0. The number of benzene rings is 1. The zero-order valence-electron chi connectivity index (χ0n) is 14.8. The molecule has 0 aliphatic carbocycles. The number of nitrogens with zero attached hydrogens (tertiary/aromatic N) is 1. The molecule has 2 rings (SSSR count). The Morgan fingerprint density at radius 2 is 2.15 bits per heavy atom. The lowest BCUT2D eigenvalue weighted by atomic mass is 10.0. The number of hydrogen-bond acceptors (Lipinski definition) is 4. The van der Waals surface area contributed by atoms with Gasteiger partial charge in [0.05, 0.1) is 5.75 Å². The van der Waals surface area contributed by atoms with Crippen molar-refractivity contribution in [2.24, 2.45) is 5.73 Å². The lowest BCUT2D eigenvalue weighted by Gasteiger charge is -2.36. The molecule has 2 amide bonds. The molecule has 1 heterocycles. The van der Waals surface area contributed by atoms with Crippen LogP contribution in [0.2, 0.25) is 5.02 Å².